The molecule has 0 aliphatic heterocycles. The number of benzene rings is 2. The van der Waals surface area contributed by atoms with Crippen LogP contribution >= 0.6 is 11.8 Å². The van der Waals surface area contributed by atoms with Gasteiger partial charge in [0.05, 0.1) is 11.4 Å². The molecule has 32 heavy (non-hydrogen) atoms. The molecule has 4 rings (SSSR count). The van der Waals surface area contributed by atoms with E-state index in [1.807, 2.05) is 42.7 Å². The minimum atomic E-state index is -0.0832. The molecule has 0 bridgehead atoms. The van der Waals surface area contributed by atoms with Crippen LogP contribution in [0.5, 0.6) is 0 Å². The molecular weight excluding hydrogens is 418 g/mol. The lowest BCUT2D eigenvalue weighted by Crippen LogP contribution is -2.14. The number of carbonyl (C=O) groups excluding carboxylic acids is 1. The maximum absolute atomic E-state index is 12.6. The average molecular weight is 444 g/mol. The number of nitrogens with one attached hydrogen (secondary N) is 1. The Bertz CT molecular complexity index is 1250. The van der Waals surface area contributed by atoms with Crippen LogP contribution in [0, 0.1) is 27.7 Å². The van der Waals surface area contributed by atoms with Gasteiger partial charge in [0.15, 0.2) is 11.0 Å². The number of carbonyl (C=O) groups is 1. The van der Waals surface area contributed by atoms with Crippen molar-refractivity contribution in [2.75, 3.05) is 11.1 Å². The molecule has 1 N–H and O–H groups in total. The van der Waals surface area contributed by atoms with Gasteiger partial charge >= 0.3 is 0 Å². The molecule has 0 aliphatic rings. The molecule has 0 saturated heterocycles. The molecular formula is C25H25N5OS. The molecule has 7 heteroatoms. The molecule has 162 valence electrons. The minimum Gasteiger partial charge on any atom is -0.325 e. The van der Waals surface area contributed by atoms with Crippen molar-refractivity contribution in [2.45, 2.75) is 32.9 Å². The fourth-order valence-corrected chi connectivity index (χ4v) is 4.27. The van der Waals surface area contributed by atoms with E-state index in [0.717, 1.165) is 28.1 Å². The fourth-order valence-electron chi connectivity index (χ4n) is 3.52. The van der Waals surface area contributed by atoms with Gasteiger partial charge in [-0.25, -0.2) is 0 Å². The standard InChI is InChI=1S/C25H25N5OS/c1-16-11-17(2)13-21(12-16)27-23(31)15-32-25-29-28-24(20-7-9-26-10-8-20)30(25)22-6-5-18(3)19(4)14-22/h5-14H,15H2,1-4H3,(H,27,31). The number of hydrogen-bond donors (Lipinski definition) is 1. The number of amides is 1. The molecule has 0 aliphatic carbocycles. The molecule has 0 radical (unpaired) electrons. The summed E-state index contributed by atoms with van der Waals surface area (Å²) in [5.41, 5.74) is 7.31. The van der Waals surface area contributed by atoms with Crippen LogP contribution in [0.25, 0.3) is 17.1 Å². The summed E-state index contributed by atoms with van der Waals surface area (Å²) in [6.07, 6.45) is 3.47. The first-order valence-corrected chi connectivity index (χ1v) is 11.3. The number of pyridine rings is 1. The van der Waals surface area contributed by atoms with Crippen molar-refractivity contribution < 1.29 is 4.79 Å². The summed E-state index contributed by atoms with van der Waals surface area (Å²) >= 11 is 1.36. The van der Waals surface area contributed by atoms with Crippen LogP contribution in [-0.2, 0) is 4.79 Å². The van der Waals surface area contributed by atoms with E-state index in [1.165, 1.54) is 22.9 Å². The molecule has 4 aromatic rings. The molecule has 6 nitrogen and oxygen atoms in total. The number of aromatic nitrogens is 4. The molecule has 2 aromatic carbocycles. The Kier molecular flexibility index (Phi) is 6.37. The number of rotatable bonds is 6. The molecule has 2 heterocycles. The first-order chi connectivity index (χ1) is 15.4. The van der Waals surface area contributed by atoms with Gasteiger partial charge in [0.25, 0.3) is 0 Å². The van der Waals surface area contributed by atoms with E-state index in [4.69, 9.17) is 0 Å². The van der Waals surface area contributed by atoms with Crippen LogP contribution in [0.1, 0.15) is 22.3 Å². The molecule has 2 aromatic heterocycles. The Morgan fingerprint density at radius 2 is 1.62 bits per heavy atom. The zero-order valence-corrected chi connectivity index (χ0v) is 19.4. The predicted octanol–water partition coefficient (Wildman–Crippen LogP) is 5.29. The molecule has 1 amide bonds. The van der Waals surface area contributed by atoms with Crippen molar-refractivity contribution in [1.82, 2.24) is 19.7 Å². The van der Waals surface area contributed by atoms with Crippen LogP contribution in [0.2, 0.25) is 0 Å². The highest BCUT2D eigenvalue weighted by atomic mass is 32.2. The van der Waals surface area contributed by atoms with Gasteiger partial charge in [-0.1, -0.05) is 23.9 Å². The van der Waals surface area contributed by atoms with Gasteiger partial charge in [0, 0.05) is 23.6 Å². The van der Waals surface area contributed by atoms with Crippen molar-refractivity contribution in [3.63, 3.8) is 0 Å². The quantitative estimate of drug-likeness (QED) is 0.410. The summed E-state index contributed by atoms with van der Waals surface area (Å²) in [5, 5.41) is 12.5. The Morgan fingerprint density at radius 1 is 0.906 bits per heavy atom. The van der Waals surface area contributed by atoms with Crippen molar-refractivity contribution in [3.8, 4) is 17.1 Å². The highest BCUT2D eigenvalue weighted by Gasteiger charge is 2.18. The zero-order valence-electron chi connectivity index (χ0n) is 18.6. The lowest BCUT2D eigenvalue weighted by Gasteiger charge is -2.12. The predicted molar refractivity (Wildman–Crippen MR) is 129 cm³/mol. The molecule has 0 unspecified atom stereocenters. The molecule has 0 spiro atoms. The zero-order chi connectivity index (χ0) is 22.7. The van der Waals surface area contributed by atoms with Crippen LogP contribution in [0.3, 0.4) is 0 Å². The SMILES string of the molecule is Cc1cc(C)cc(NC(=O)CSc2nnc(-c3ccncc3)n2-c2ccc(C)c(C)c2)c1. The summed E-state index contributed by atoms with van der Waals surface area (Å²) < 4.78 is 2.00. The molecule has 0 saturated carbocycles. The normalized spacial score (nSPS) is 10.9. The second-order valence-electron chi connectivity index (χ2n) is 7.86. The van der Waals surface area contributed by atoms with Crippen LogP contribution < -0.4 is 5.32 Å². The first-order valence-electron chi connectivity index (χ1n) is 10.3. The van der Waals surface area contributed by atoms with Gasteiger partial charge in [-0.3, -0.25) is 14.3 Å². The third-order valence-corrected chi connectivity index (χ3v) is 6.09. The van der Waals surface area contributed by atoms with Crippen LogP contribution in [-0.4, -0.2) is 31.4 Å². The van der Waals surface area contributed by atoms with Crippen LogP contribution in [0.4, 0.5) is 5.69 Å². The average Bonchev–Trinajstić information content (AvgIpc) is 3.18. The highest BCUT2D eigenvalue weighted by molar-refractivity contribution is 7.99. The second-order valence-corrected chi connectivity index (χ2v) is 8.80. The number of aryl methyl sites for hydroxylation is 4. The number of nitrogens with zero attached hydrogens (tertiary/aromatic N) is 4. The fraction of sp³-hybridized carbons (Fsp3) is 0.200. The van der Waals surface area contributed by atoms with Gasteiger partial charge in [-0.2, -0.15) is 0 Å². The Balaban J connectivity index is 1.61. The Hall–Kier alpha value is -3.45. The minimum absolute atomic E-state index is 0.0832. The van der Waals surface area contributed by atoms with E-state index in [9.17, 15) is 4.79 Å². The van der Waals surface area contributed by atoms with Gasteiger partial charge in [-0.05, 0) is 86.3 Å². The first kappa shape index (κ1) is 21.8. The van der Waals surface area contributed by atoms with Gasteiger partial charge in [0.2, 0.25) is 5.91 Å². The van der Waals surface area contributed by atoms with Crippen LogP contribution in [0.15, 0.2) is 66.1 Å². The van der Waals surface area contributed by atoms with Gasteiger partial charge in [-0.15, -0.1) is 10.2 Å². The third kappa shape index (κ3) is 4.89. The third-order valence-electron chi connectivity index (χ3n) is 5.16. The monoisotopic (exact) mass is 443 g/mol. The molecule has 0 atom stereocenters. The lowest BCUT2D eigenvalue weighted by molar-refractivity contribution is -0.113. The smallest absolute Gasteiger partial charge is 0.234 e. The summed E-state index contributed by atoms with van der Waals surface area (Å²) in [6.45, 7) is 8.20. The summed E-state index contributed by atoms with van der Waals surface area (Å²) in [6, 6.07) is 16.1. The maximum Gasteiger partial charge on any atom is 0.234 e. The van der Waals surface area contributed by atoms with Gasteiger partial charge in [0.1, 0.15) is 0 Å². The van der Waals surface area contributed by atoms with Crippen molar-refractivity contribution in [1.29, 1.82) is 0 Å². The van der Waals surface area contributed by atoms with E-state index >= 15 is 0 Å². The number of hydrogen-bond acceptors (Lipinski definition) is 5. The van der Waals surface area contributed by atoms with Crippen molar-refractivity contribution in [2.24, 2.45) is 0 Å². The van der Waals surface area contributed by atoms with E-state index in [1.54, 1.807) is 12.4 Å². The molecule has 0 fully saturated rings. The van der Waals surface area contributed by atoms with E-state index in [-0.39, 0.29) is 11.7 Å². The van der Waals surface area contributed by atoms with Crippen molar-refractivity contribution >= 4 is 23.4 Å². The van der Waals surface area contributed by atoms with Crippen molar-refractivity contribution in [3.05, 3.63) is 83.2 Å². The summed E-state index contributed by atoms with van der Waals surface area (Å²) in [5.74, 6) is 0.861. The Labute approximate surface area is 192 Å². The largest absolute Gasteiger partial charge is 0.325 e. The number of thioether (sulfide) groups is 1. The van der Waals surface area contributed by atoms with E-state index in [0.29, 0.717) is 11.0 Å². The maximum atomic E-state index is 12.6. The Morgan fingerprint density at radius 3 is 2.31 bits per heavy atom. The van der Waals surface area contributed by atoms with E-state index in [2.05, 4.69) is 58.6 Å². The lowest BCUT2D eigenvalue weighted by atomic mass is 10.1. The highest BCUT2D eigenvalue weighted by Crippen LogP contribution is 2.29. The second kappa shape index (κ2) is 9.36. The van der Waals surface area contributed by atoms with Gasteiger partial charge < -0.3 is 5.32 Å². The summed E-state index contributed by atoms with van der Waals surface area (Å²) in [4.78, 5) is 16.7. The topological polar surface area (TPSA) is 72.7 Å². The number of anilines is 1. The van der Waals surface area contributed by atoms with E-state index < -0.39 is 0 Å². The summed E-state index contributed by atoms with van der Waals surface area (Å²) in [7, 11) is 0.